The summed E-state index contributed by atoms with van der Waals surface area (Å²) in [5.41, 5.74) is -0.885. The standard InChI is InChI=1S/C18H30F3O3P/c19-13-7-1-4-10-16(13)23-25(22,18-12-6-3-9-15(18)21)24-17-11-5-2-8-14(17)20/h13-18H,1-12H2. The van der Waals surface area contributed by atoms with E-state index in [0.29, 0.717) is 38.5 Å². The third-order valence-electron chi connectivity index (χ3n) is 5.86. The van der Waals surface area contributed by atoms with E-state index in [1.807, 2.05) is 0 Å². The second-order valence-electron chi connectivity index (χ2n) is 7.80. The van der Waals surface area contributed by atoms with E-state index in [1.165, 1.54) is 0 Å². The average molecular weight is 382 g/mol. The van der Waals surface area contributed by atoms with Crippen LogP contribution in [0.5, 0.6) is 0 Å². The minimum Gasteiger partial charge on any atom is -0.302 e. The third-order valence-corrected chi connectivity index (χ3v) is 8.39. The van der Waals surface area contributed by atoms with Crippen molar-refractivity contribution in [3.05, 3.63) is 0 Å². The van der Waals surface area contributed by atoms with Crippen molar-refractivity contribution in [2.24, 2.45) is 0 Å². The highest BCUT2D eigenvalue weighted by Crippen LogP contribution is 2.61. The van der Waals surface area contributed by atoms with Gasteiger partial charge in [-0.1, -0.05) is 38.5 Å². The van der Waals surface area contributed by atoms with Crippen LogP contribution in [-0.2, 0) is 13.6 Å². The molecule has 25 heavy (non-hydrogen) atoms. The summed E-state index contributed by atoms with van der Waals surface area (Å²) < 4.78 is 68.0. The largest absolute Gasteiger partial charge is 0.337 e. The van der Waals surface area contributed by atoms with Crippen molar-refractivity contribution in [1.29, 1.82) is 0 Å². The van der Waals surface area contributed by atoms with Gasteiger partial charge in [-0.15, -0.1) is 0 Å². The van der Waals surface area contributed by atoms with Crippen molar-refractivity contribution in [3.8, 4) is 0 Å². The molecule has 3 aliphatic carbocycles. The summed E-state index contributed by atoms with van der Waals surface area (Å²) in [6, 6.07) is 0. The summed E-state index contributed by atoms with van der Waals surface area (Å²) in [6.07, 6.45) is 1.63. The summed E-state index contributed by atoms with van der Waals surface area (Å²) in [5, 5.41) is 0. The predicted octanol–water partition coefficient (Wildman–Crippen LogP) is 6.05. The lowest BCUT2D eigenvalue weighted by atomic mass is 9.96. The lowest BCUT2D eigenvalue weighted by Gasteiger charge is -2.39. The van der Waals surface area contributed by atoms with Gasteiger partial charge in [0.05, 0.1) is 17.9 Å². The summed E-state index contributed by atoms with van der Waals surface area (Å²) in [6.45, 7) is 0. The highest BCUT2D eigenvalue weighted by molar-refractivity contribution is 7.54. The van der Waals surface area contributed by atoms with Crippen LogP contribution in [0.2, 0.25) is 0 Å². The van der Waals surface area contributed by atoms with Crippen LogP contribution < -0.4 is 0 Å². The monoisotopic (exact) mass is 382 g/mol. The van der Waals surface area contributed by atoms with Gasteiger partial charge >= 0.3 is 7.60 Å². The molecular weight excluding hydrogens is 352 g/mol. The van der Waals surface area contributed by atoms with Gasteiger partial charge in [-0.25, -0.2) is 13.2 Å². The molecule has 3 rings (SSSR count). The fraction of sp³-hybridized carbons (Fsp3) is 1.00. The molecule has 0 bridgehead atoms. The molecule has 0 radical (unpaired) electrons. The van der Waals surface area contributed by atoms with Crippen LogP contribution in [0.3, 0.4) is 0 Å². The van der Waals surface area contributed by atoms with Crippen LogP contribution >= 0.6 is 7.60 Å². The van der Waals surface area contributed by atoms with Crippen LogP contribution in [0.4, 0.5) is 13.2 Å². The predicted molar refractivity (Wildman–Crippen MR) is 91.2 cm³/mol. The SMILES string of the molecule is O=P(OC1CCCCC1F)(OC1CCCCC1F)C1CCCCC1F. The molecule has 3 saturated carbocycles. The molecule has 6 unspecified atom stereocenters. The first-order valence-electron chi connectivity index (χ1n) is 9.88. The molecule has 3 nitrogen and oxygen atoms in total. The molecule has 0 aromatic carbocycles. The van der Waals surface area contributed by atoms with E-state index in [2.05, 4.69) is 0 Å². The van der Waals surface area contributed by atoms with Crippen LogP contribution in [0.15, 0.2) is 0 Å². The Morgan fingerprint density at radius 3 is 1.44 bits per heavy atom. The van der Waals surface area contributed by atoms with Crippen LogP contribution in [-0.4, -0.2) is 36.4 Å². The lowest BCUT2D eigenvalue weighted by molar-refractivity contribution is 0.00537. The van der Waals surface area contributed by atoms with Crippen molar-refractivity contribution >= 4 is 7.60 Å². The van der Waals surface area contributed by atoms with Gasteiger partial charge in [-0.05, 0) is 38.5 Å². The second kappa shape index (κ2) is 8.75. The second-order valence-corrected chi connectivity index (χ2v) is 9.96. The molecule has 0 aromatic heterocycles. The van der Waals surface area contributed by atoms with Crippen molar-refractivity contribution in [2.75, 3.05) is 0 Å². The smallest absolute Gasteiger partial charge is 0.302 e. The highest BCUT2D eigenvalue weighted by atomic mass is 31.2. The van der Waals surface area contributed by atoms with Gasteiger partial charge in [0.2, 0.25) is 0 Å². The van der Waals surface area contributed by atoms with E-state index in [1.54, 1.807) is 0 Å². The summed E-state index contributed by atoms with van der Waals surface area (Å²) in [5.74, 6) is 0. The van der Waals surface area contributed by atoms with E-state index >= 15 is 0 Å². The zero-order valence-electron chi connectivity index (χ0n) is 14.8. The van der Waals surface area contributed by atoms with Gasteiger partial charge in [0.25, 0.3) is 0 Å². The van der Waals surface area contributed by atoms with Crippen LogP contribution in [0.25, 0.3) is 0 Å². The van der Waals surface area contributed by atoms with Gasteiger partial charge in [0, 0.05) is 0 Å². The zero-order chi connectivity index (χ0) is 17.9. The molecule has 0 saturated heterocycles. The Morgan fingerprint density at radius 1 is 0.600 bits per heavy atom. The van der Waals surface area contributed by atoms with Crippen molar-refractivity contribution in [2.45, 2.75) is 113 Å². The quantitative estimate of drug-likeness (QED) is 0.543. The Balaban J connectivity index is 1.77. The number of hydrogen-bond acceptors (Lipinski definition) is 3. The minimum absolute atomic E-state index is 0.314. The first-order valence-corrected chi connectivity index (χ1v) is 11.5. The molecule has 0 aliphatic heterocycles. The lowest BCUT2D eigenvalue weighted by Crippen LogP contribution is -2.37. The highest BCUT2D eigenvalue weighted by Gasteiger charge is 2.48. The molecule has 0 spiro atoms. The van der Waals surface area contributed by atoms with Crippen LogP contribution in [0, 0.1) is 0 Å². The number of rotatable bonds is 5. The van der Waals surface area contributed by atoms with Gasteiger partial charge in [0.1, 0.15) is 18.5 Å². The molecule has 7 heteroatoms. The van der Waals surface area contributed by atoms with E-state index in [9.17, 15) is 17.7 Å². The Hall–Kier alpha value is -0.0600. The first kappa shape index (κ1) is 19.7. The van der Waals surface area contributed by atoms with Crippen molar-refractivity contribution in [3.63, 3.8) is 0 Å². The van der Waals surface area contributed by atoms with Crippen molar-refractivity contribution < 1.29 is 26.8 Å². The summed E-state index contributed by atoms with van der Waals surface area (Å²) >= 11 is 0. The topological polar surface area (TPSA) is 35.5 Å². The molecule has 0 amide bonds. The van der Waals surface area contributed by atoms with Crippen molar-refractivity contribution in [1.82, 2.24) is 0 Å². The minimum atomic E-state index is -3.92. The van der Waals surface area contributed by atoms with Crippen LogP contribution in [0.1, 0.15) is 77.0 Å². The third kappa shape index (κ3) is 4.81. The zero-order valence-corrected chi connectivity index (χ0v) is 15.6. The molecular formula is C18H30F3O3P. The fourth-order valence-electron chi connectivity index (χ4n) is 4.32. The van der Waals surface area contributed by atoms with E-state index in [-0.39, 0.29) is 0 Å². The first-order chi connectivity index (χ1) is 12.0. The Kier molecular flexibility index (Phi) is 6.89. The Morgan fingerprint density at radius 2 is 1.00 bits per heavy atom. The molecule has 146 valence electrons. The summed E-state index contributed by atoms with van der Waals surface area (Å²) in [4.78, 5) is 0. The molecule has 3 fully saturated rings. The Bertz CT molecular complexity index is 450. The van der Waals surface area contributed by atoms with E-state index in [4.69, 9.17) is 9.05 Å². The summed E-state index contributed by atoms with van der Waals surface area (Å²) in [7, 11) is -3.92. The average Bonchev–Trinajstić information content (AvgIpc) is 2.59. The van der Waals surface area contributed by atoms with Gasteiger partial charge < -0.3 is 9.05 Å². The Labute approximate surface area is 148 Å². The normalized spacial score (nSPS) is 42.7. The van der Waals surface area contributed by atoms with Gasteiger partial charge in [0.15, 0.2) is 0 Å². The van der Waals surface area contributed by atoms with Gasteiger partial charge in [-0.2, -0.15) is 0 Å². The van der Waals surface area contributed by atoms with E-state index in [0.717, 1.165) is 38.5 Å². The maximum atomic E-state index is 14.5. The van der Waals surface area contributed by atoms with E-state index < -0.39 is 44.0 Å². The molecule has 0 N–H and O–H groups in total. The molecule has 3 aliphatic rings. The number of halogens is 3. The molecule has 6 atom stereocenters. The molecule has 0 aromatic rings. The maximum Gasteiger partial charge on any atom is 0.337 e. The van der Waals surface area contributed by atoms with Gasteiger partial charge in [-0.3, -0.25) is 4.57 Å². The number of hydrogen-bond donors (Lipinski definition) is 0. The number of alkyl halides is 3. The molecule has 0 heterocycles. The maximum absolute atomic E-state index is 14.5. The fourth-order valence-corrected chi connectivity index (χ4v) is 6.96.